The lowest BCUT2D eigenvalue weighted by molar-refractivity contribution is -0.181. The molecule has 0 aromatic heterocycles. The Hall–Kier alpha value is -1.72. The molecule has 1 aliphatic carbocycles. The number of hydrogen-bond acceptors (Lipinski definition) is 4. The first-order chi connectivity index (χ1) is 15.3. The number of rotatable bonds is 6. The zero-order valence-corrected chi connectivity index (χ0v) is 18.5. The molecule has 4 heteroatoms. The van der Waals surface area contributed by atoms with Crippen LogP contribution in [0.4, 0.5) is 0 Å². The van der Waals surface area contributed by atoms with E-state index in [1.165, 1.54) is 49.7 Å². The molecule has 2 aromatic carbocycles. The van der Waals surface area contributed by atoms with Gasteiger partial charge in [-0.3, -0.25) is 10.6 Å². The van der Waals surface area contributed by atoms with E-state index in [1.807, 2.05) is 0 Å². The number of ether oxygens (including phenoxy) is 2. The van der Waals surface area contributed by atoms with E-state index in [9.17, 15) is 0 Å². The van der Waals surface area contributed by atoms with Gasteiger partial charge in [0.2, 0.25) is 0 Å². The Morgan fingerprint density at radius 2 is 1.39 bits per heavy atom. The standard InChI is InChI=1S/C27H36N2O2/c1-3-12-22(13-4-1)25-26(23-14-5-2-6-15-23)29-27(28-25)17-8-11-21(20-27)10-7-16-24-30-18-9-19-31-24/h1-6,12-15,21,24-26,28-29H,7-11,16-20H2/t21-,25+,26+/m0/s1. The maximum Gasteiger partial charge on any atom is 0.157 e. The maximum absolute atomic E-state index is 5.74. The van der Waals surface area contributed by atoms with Gasteiger partial charge in [0.1, 0.15) is 0 Å². The van der Waals surface area contributed by atoms with E-state index >= 15 is 0 Å². The fraction of sp³-hybridized carbons (Fsp3) is 0.556. The Balaban J connectivity index is 1.27. The molecule has 0 unspecified atom stereocenters. The Labute approximate surface area is 186 Å². The van der Waals surface area contributed by atoms with Gasteiger partial charge in [-0.25, -0.2) is 0 Å². The van der Waals surface area contributed by atoms with Crippen LogP contribution < -0.4 is 10.6 Å². The Bertz CT molecular complexity index is 759. The lowest BCUT2D eigenvalue weighted by Gasteiger charge is -2.39. The van der Waals surface area contributed by atoms with Crippen LogP contribution in [0.5, 0.6) is 0 Å². The van der Waals surface area contributed by atoms with Gasteiger partial charge in [-0.15, -0.1) is 0 Å². The molecule has 166 valence electrons. The van der Waals surface area contributed by atoms with Gasteiger partial charge in [-0.05, 0) is 55.6 Å². The first kappa shape index (κ1) is 21.1. The van der Waals surface area contributed by atoms with Crippen LogP contribution in [0.25, 0.3) is 0 Å². The van der Waals surface area contributed by atoms with Gasteiger partial charge in [0.25, 0.3) is 0 Å². The van der Waals surface area contributed by atoms with Crippen molar-refractivity contribution < 1.29 is 9.47 Å². The predicted octanol–water partition coefficient (Wildman–Crippen LogP) is 5.48. The Kier molecular flexibility index (Phi) is 6.70. The molecule has 3 aliphatic rings. The largest absolute Gasteiger partial charge is 0.353 e. The smallest absolute Gasteiger partial charge is 0.157 e. The SMILES string of the molecule is c1ccc([C@H]2NC3(CCC[C@H](CCCC4OCCCO4)C3)N[C@@H]2c2ccccc2)cc1. The molecule has 31 heavy (non-hydrogen) atoms. The summed E-state index contributed by atoms with van der Waals surface area (Å²) in [6.45, 7) is 1.71. The van der Waals surface area contributed by atoms with Crippen LogP contribution in [0.3, 0.4) is 0 Å². The molecule has 3 fully saturated rings. The van der Waals surface area contributed by atoms with Crippen molar-refractivity contribution in [2.24, 2.45) is 5.92 Å². The fourth-order valence-corrected chi connectivity index (χ4v) is 5.85. The monoisotopic (exact) mass is 420 g/mol. The van der Waals surface area contributed by atoms with Crippen LogP contribution >= 0.6 is 0 Å². The second-order valence-corrected chi connectivity index (χ2v) is 9.57. The van der Waals surface area contributed by atoms with Gasteiger partial charge < -0.3 is 9.47 Å². The quantitative estimate of drug-likeness (QED) is 0.649. The highest BCUT2D eigenvalue weighted by atomic mass is 16.7. The molecule has 2 aliphatic heterocycles. The second-order valence-electron chi connectivity index (χ2n) is 9.57. The van der Waals surface area contributed by atoms with Gasteiger partial charge in [-0.2, -0.15) is 0 Å². The normalized spacial score (nSPS) is 28.7. The van der Waals surface area contributed by atoms with E-state index < -0.39 is 0 Å². The molecular formula is C27H36N2O2. The summed E-state index contributed by atoms with van der Waals surface area (Å²) in [4.78, 5) is 0. The average Bonchev–Trinajstić information content (AvgIpc) is 3.19. The average molecular weight is 421 g/mol. The fourth-order valence-electron chi connectivity index (χ4n) is 5.85. The minimum absolute atomic E-state index is 0.0268. The van der Waals surface area contributed by atoms with Crippen LogP contribution in [0, 0.1) is 5.92 Å². The molecule has 2 saturated heterocycles. The molecule has 2 N–H and O–H groups in total. The van der Waals surface area contributed by atoms with E-state index in [0.717, 1.165) is 32.0 Å². The number of hydrogen-bond donors (Lipinski definition) is 2. The topological polar surface area (TPSA) is 42.5 Å². The van der Waals surface area contributed by atoms with Crippen LogP contribution in [0.1, 0.15) is 74.6 Å². The molecule has 1 saturated carbocycles. The molecule has 0 bridgehead atoms. The molecule has 3 atom stereocenters. The summed E-state index contributed by atoms with van der Waals surface area (Å²) >= 11 is 0. The van der Waals surface area contributed by atoms with Gasteiger partial charge >= 0.3 is 0 Å². The summed E-state index contributed by atoms with van der Waals surface area (Å²) in [6, 6.07) is 22.5. The van der Waals surface area contributed by atoms with Crippen molar-refractivity contribution in [3.05, 3.63) is 71.8 Å². The minimum Gasteiger partial charge on any atom is -0.353 e. The van der Waals surface area contributed by atoms with Crippen molar-refractivity contribution >= 4 is 0 Å². The third-order valence-electron chi connectivity index (χ3n) is 7.32. The molecule has 5 rings (SSSR count). The second kappa shape index (κ2) is 9.83. The van der Waals surface area contributed by atoms with Crippen molar-refractivity contribution in [2.45, 2.75) is 75.4 Å². The Morgan fingerprint density at radius 1 is 0.774 bits per heavy atom. The maximum atomic E-state index is 5.74. The van der Waals surface area contributed by atoms with E-state index in [4.69, 9.17) is 9.47 Å². The highest BCUT2D eigenvalue weighted by Crippen LogP contribution is 2.44. The molecule has 2 aromatic rings. The Morgan fingerprint density at radius 3 is 2.00 bits per heavy atom. The lowest BCUT2D eigenvalue weighted by Crippen LogP contribution is -2.52. The van der Waals surface area contributed by atoms with Gasteiger partial charge in [0, 0.05) is 0 Å². The summed E-state index contributed by atoms with van der Waals surface area (Å²) in [5, 5.41) is 8.16. The minimum atomic E-state index is 0.0268. The third-order valence-corrected chi connectivity index (χ3v) is 7.32. The highest BCUT2D eigenvalue weighted by molar-refractivity contribution is 5.31. The van der Waals surface area contributed by atoms with Crippen molar-refractivity contribution in [2.75, 3.05) is 13.2 Å². The van der Waals surface area contributed by atoms with Crippen molar-refractivity contribution in [1.29, 1.82) is 0 Å². The van der Waals surface area contributed by atoms with Gasteiger partial charge in [0.05, 0.1) is 31.0 Å². The zero-order valence-electron chi connectivity index (χ0n) is 18.5. The van der Waals surface area contributed by atoms with Crippen LogP contribution in [0.2, 0.25) is 0 Å². The third kappa shape index (κ3) is 5.04. The van der Waals surface area contributed by atoms with E-state index in [0.29, 0.717) is 12.1 Å². The molecule has 4 nitrogen and oxygen atoms in total. The van der Waals surface area contributed by atoms with E-state index in [1.54, 1.807) is 0 Å². The summed E-state index contributed by atoms with van der Waals surface area (Å²) in [7, 11) is 0. The van der Waals surface area contributed by atoms with Crippen molar-refractivity contribution in [3.63, 3.8) is 0 Å². The number of benzene rings is 2. The lowest BCUT2D eigenvalue weighted by atomic mass is 9.79. The summed E-state index contributed by atoms with van der Waals surface area (Å²) in [6.07, 6.45) is 9.56. The van der Waals surface area contributed by atoms with Crippen molar-refractivity contribution in [3.8, 4) is 0 Å². The van der Waals surface area contributed by atoms with E-state index in [-0.39, 0.29) is 12.0 Å². The molecule has 1 spiro atoms. The molecule has 2 heterocycles. The van der Waals surface area contributed by atoms with Crippen LogP contribution in [-0.2, 0) is 9.47 Å². The summed E-state index contributed by atoms with van der Waals surface area (Å²) in [5.74, 6) is 0.753. The highest BCUT2D eigenvalue weighted by Gasteiger charge is 2.47. The number of nitrogens with one attached hydrogen (secondary N) is 2. The predicted molar refractivity (Wildman–Crippen MR) is 123 cm³/mol. The first-order valence-corrected chi connectivity index (χ1v) is 12.2. The van der Waals surface area contributed by atoms with Crippen molar-refractivity contribution in [1.82, 2.24) is 10.6 Å². The van der Waals surface area contributed by atoms with E-state index in [2.05, 4.69) is 71.3 Å². The molecular weight excluding hydrogens is 384 g/mol. The first-order valence-electron chi connectivity index (χ1n) is 12.2. The molecule has 0 amide bonds. The summed E-state index contributed by atoms with van der Waals surface area (Å²) < 4.78 is 11.5. The zero-order chi connectivity index (χ0) is 20.9. The summed E-state index contributed by atoms with van der Waals surface area (Å²) in [5.41, 5.74) is 2.77. The van der Waals surface area contributed by atoms with Crippen LogP contribution in [0.15, 0.2) is 60.7 Å². The van der Waals surface area contributed by atoms with Gasteiger partial charge in [-0.1, -0.05) is 73.5 Å². The molecule has 0 radical (unpaired) electrons. The van der Waals surface area contributed by atoms with Gasteiger partial charge in [0.15, 0.2) is 6.29 Å². The van der Waals surface area contributed by atoms with Crippen LogP contribution in [-0.4, -0.2) is 25.2 Å².